The van der Waals surface area contributed by atoms with E-state index in [1.807, 2.05) is 24.3 Å². The van der Waals surface area contributed by atoms with Gasteiger partial charge >= 0.3 is 0 Å². The molecule has 0 atom stereocenters. The van der Waals surface area contributed by atoms with Gasteiger partial charge in [-0.3, -0.25) is 9.59 Å². The average Bonchev–Trinajstić information content (AvgIpc) is 3.22. The molecule has 2 N–H and O–H groups in total. The highest BCUT2D eigenvalue weighted by Crippen LogP contribution is 2.35. The highest BCUT2D eigenvalue weighted by molar-refractivity contribution is 5.94. The first-order valence-electron chi connectivity index (χ1n) is 9.78. The summed E-state index contributed by atoms with van der Waals surface area (Å²) in [6.45, 7) is 0.204. The molecule has 2 aromatic carbocycles. The fourth-order valence-corrected chi connectivity index (χ4v) is 3.76. The molecule has 0 unspecified atom stereocenters. The number of rotatable bonds is 5. The van der Waals surface area contributed by atoms with Gasteiger partial charge in [0, 0.05) is 29.3 Å². The molecule has 0 aromatic heterocycles. The van der Waals surface area contributed by atoms with Crippen LogP contribution in [0.4, 0.5) is 11.4 Å². The van der Waals surface area contributed by atoms with Crippen molar-refractivity contribution in [2.45, 2.75) is 25.7 Å². The van der Waals surface area contributed by atoms with Crippen molar-refractivity contribution in [2.75, 3.05) is 24.5 Å². The lowest BCUT2D eigenvalue weighted by atomic mass is 9.81. The minimum absolute atomic E-state index is 0.00444. The second-order valence-electron chi connectivity index (χ2n) is 7.32. The van der Waals surface area contributed by atoms with Crippen molar-refractivity contribution in [1.82, 2.24) is 0 Å². The van der Waals surface area contributed by atoms with Crippen LogP contribution >= 0.6 is 0 Å². The predicted molar refractivity (Wildman–Crippen MR) is 108 cm³/mol. The van der Waals surface area contributed by atoms with Gasteiger partial charge in [-0.1, -0.05) is 0 Å². The molecule has 1 saturated carbocycles. The Labute approximate surface area is 169 Å². The van der Waals surface area contributed by atoms with E-state index in [-0.39, 0.29) is 30.4 Å². The van der Waals surface area contributed by atoms with Crippen molar-refractivity contribution >= 4 is 23.2 Å². The first kappa shape index (κ1) is 19.1. The maximum Gasteiger partial charge on any atom is 0.231 e. The van der Waals surface area contributed by atoms with Gasteiger partial charge in [0.2, 0.25) is 18.6 Å². The first-order chi connectivity index (χ1) is 14.1. The molecule has 0 spiro atoms. The number of hydrogen-bond acceptors (Lipinski definition) is 5. The van der Waals surface area contributed by atoms with Gasteiger partial charge in [-0.05, 0) is 62.1 Å². The average molecular weight is 396 g/mol. The lowest BCUT2D eigenvalue weighted by Gasteiger charge is -2.27. The minimum atomic E-state index is -0.0922. The van der Waals surface area contributed by atoms with Crippen molar-refractivity contribution < 1.29 is 23.8 Å². The molecule has 1 heterocycles. The second kappa shape index (κ2) is 8.43. The maximum absolute atomic E-state index is 12.6. The summed E-state index contributed by atoms with van der Waals surface area (Å²) in [6, 6.07) is 12.6. The molecule has 0 saturated heterocycles. The summed E-state index contributed by atoms with van der Waals surface area (Å²) in [7, 11) is 1.61. The normalized spacial score (nSPS) is 20.0. The highest BCUT2D eigenvalue weighted by atomic mass is 16.7. The predicted octanol–water partition coefficient (Wildman–Crippen LogP) is 3.81. The minimum Gasteiger partial charge on any atom is -0.497 e. The van der Waals surface area contributed by atoms with E-state index in [2.05, 4.69) is 10.6 Å². The number of methoxy groups -OCH3 is 1. The van der Waals surface area contributed by atoms with Crippen molar-refractivity contribution in [1.29, 1.82) is 0 Å². The molecule has 1 aliphatic carbocycles. The molecule has 29 heavy (non-hydrogen) atoms. The molecule has 2 aliphatic rings. The van der Waals surface area contributed by atoms with E-state index in [0.717, 1.165) is 11.4 Å². The standard InChI is InChI=1S/C22H24N2O5/c1-27-18-9-6-16(7-10-18)23-21(25)14-2-4-15(5-3-14)22(26)24-17-8-11-19-20(12-17)29-13-28-19/h6-12,14-15H,2-5,13H2,1H3,(H,23,25)(H,24,26). The van der Waals surface area contributed by atoms with Crippen LogP contribution in [0.2, 0.25) is 0 Å². The summed E-state index contributed by atoms with van der Waals surface area (Å²) in [5.74, 6) is 1.89. The van der Waals surface area contributed by atoms with E-state index in [4.69, 9.17) is 14.2 Å². The fourth-order valence-electron chi connectivity index (χ4n) is 3.76. The third-order valence-electron chi connectivity index (χ3n) is 5.47. The van der Waals surface area contributed by atoms with Crippen LogP contribution in [0.5, 0.6) is 17.2 Å². The van der Waals surface area contributed by atoms with Gasteiger partial charge in [-0.25, -0.2) is 0 Å². The van der Waals surface area contributed by atoms with E-state index in [9.17, 15) is 9.59 Å². The number of ether oxygens (including phenoxy) is 3. The van der Waals surface area contributed by atoms with Gasteiger partial charge in [0.05, 0.1) is 7.11 Å². The molecule has 2 aromatic rings. The topological polar surface area (TPSA) is 85.9 Å². The number of carbonyl (C=O) groups is 2. The molecule has 1 fully saturated rings. The Morgan fingerprint density at radius 3 is 2.00 bits per heavy atom. The van der Waals surface area contributed by atoms with Crippen LogP contribution in [-0.2, 0) is 9.59 Å². The summed E-state index contributed by atoms with van der Waals surface area (Å²) in [6.07, 6.45) is 2.77. The molecule has 1 aliphatic heterocycles. The second-order valence-corrected chi connectivity index (χ2v) is 7.32. The molecule has 7 nitrogen and oxygen atoms in total. The smallest absolute Gasteiger partial charge is 0.231 e. The number of fused-ring (bicyclic) bond motifs is 1. The van der Waals surface area contributed by atoms with Gasteiger partial charge in [0.15, 0.2) is 11.5 Å². The van der Waals surface area contributed by atoms with Crippen molar-refractivity contribution in [3.63, 3.8) is 0 Å². The fraction of sp³-hybridized carbons (Fsp3) is 0.364. The van der Waals surface area contributed by atoms with E-state index >= 15 is 0 Å². The third kappa shape index (κ3) is 4.45. The quantitative estimate of drug-likeness (QED) is 0.803. The molecule has 7 heteroatoms. The van der Waals surface area contributed by atoms with Gasteiger partial charge in [-0.2, -0.15) is 0 Å². The van der Waals surface area contributed by atoms with Gasteiger partial charge in [0.25, 0.3) is 0 Å². The van der Waals surface area contributed by atoms with Crippen LogP contribution in [-0.4, -0.2) is 25.7 Å². The first-order valence-corrected chi connectivity index (χ1v) is 9.78. The molecule has 2 amide bonds. The monoisotopic (exact) mass is 396 g/mol. The molecular formula is C22H24N2O5. The van der Waals surface area contributed by atoms with Crippen molar-refractivity contribution in [2.24, 2.45) is 11.8 Å². The summed E-state index contributed by atoms with van der Waals surface area (Å²) in [5, 5.41) is 5.90. The maximum atomic E-state index is 12.6. The number of nitrogens with one attached hydrogen (secondary N) is 2. The third-order valence-corrected chi connectivity index (χ3v) is 5.47. The van der Waals surface area contributed by atoms with Gasteiger partial charge < -0.3 is 24.8 Å². The lowest BCUT2D eigenvalue weighted by Crippen LogP contribution is -2.32. The zero-order valence-corrected chi connectivity index (χ0v) is 16.3. The van der Waals surface area contributed by atoms with Crippen molar-refractivity contribution in [3.05, 3.63) is 42.5 Å². The Kier molecular flexibility index (Phi) is 5.55. The van der Waals surface area contributed by atoms with Crippen molar-refractivity contribution in [3.8, 4) is 17.2 Å². The number of hydrogen-bond donors (Lipinski definition) is 2. The van der Waals surface area contributed by atoms with E-state index in [0.29, 0.717) is 42.9 Å². The SMILES string of the molecule is COc1ccc(NC(=O)C2CCC(C(=O)Nc3ccc4c(c3)OCO4)CC2)cc1. The van der Waals surface area contributed by atoms with Gasteiger partial charge in [-0.15, -0.1) is 0 Å². The van der Waals surface area contributed by atoms with Crippen LogP contribution < -0.4 is 24.8 Å². The van der Waals surface area contributed by atoms with Crippen LogP contribution in [0.15, 0.2) is 42.5 Å². The molecular weight excluding hydrogens is 372 g/mol. The van der Waals surface area contributed by atoms with E-state index in [1.165, 1.54) is 0 Å². The van der Waals surface area contributed by atoms with E-state index in [1.54, 1.807) is 25.3 Å². The van der Waals surface area contributed by atoms with Crippen LogP contribution in [0.3, 0.4) is 0 Å². The van der Waals surface area contributed by atoms with Gasteiger partial charge in [0.1, 0.15) is 5.75 Å². The highest BCUT2D eigenvalue weighted by Gasteiger charge is 2.30. The Morgan fingerprint density at radius 1 is 0.828 bits per heavy atom. The Balaban J connectivity index is 1.27. The summed E-state index contributed by atoms with van der Waals surface area (Å²) >= 11 is 0. The van der Waals surface area contributed by atoms with E-state index < -0.39 is 0 Å². The van der Waals surface area contributed by atoms with Crippen LogP contribution in [0, 0.1) is 11.8 Å². The Hall–Kier alpha value is -3.22. The Morgan fingerprint density at radius 2 is 1.38 bits per heavy atom. The largest absolute Gasteiger partial charge is 0.497 e. The number of benzene rings is 2. The summed E-state index contributed by atoms with van der Waals surface area (Å²) in [4.78, 5) is 25.1. The molecule has 0 bridgehead atoms. The lowest BCUT2D eigenvalue weighted by molar-refractivity contribution is -0.125. The summed E-state index contributed by atoms with van der Waals surface area (Å²) in [5.41, 5.74) is 1.44. The molecule has 0 radical (unpaired) electrons. The number of carbonyl (C=O) groups excluding carboxylic acids is 2. The zero-order chi connectivity index (χ0) is 20.2. The zero-order valence-electron chi connectivity index (χ0n) is 16.3. The number of anilines is 2. The molecule has 152 valence electrons. The summed E-state index contributed by atoms with van der Waals surface area (Å²) < 4.78 is 15.8. The van der Waals surface area contributed by atoms with Crippen LogP contribution in [0.1, 0.15) is 25.7 Å². The Bertz CT molecular complexity index is 889. The van der Waals surface area contributed by atoms with Crippen LogP contribution in [0.25, 0.3) is 0 Å². The molecule has 4 rings (SSSR count). The number of amides is 2.